The van der Waals surface area contributed by atoms with Crippen molar-refractivity contribution in [3.8, 4) is 0 Å². The molecule has 0 atom stereocenters. The summed E-state index contributed by atoms with van der Waals surface area (Å²) in [7, 11) is 0. The normalized spacial score (nSPS) is 16.0. The minimum Gasteiger partial charge on any atom is -0.353 e. The lowest BCUT2D eigenvalue weighted by Gasteiger charge is -2.35. The zero-order valence-electron chi connectivity index (χ0n) is 12.9. The molecule has 0 aliphatic carbocycles. The van der Waals surface area contributed by atoms with E-state index >= 15 is 0 Å². The molecule has 0 spiro atoms. The number of aromatic nitrogens is 4. The number of halogens is 2. The highest BCUT2D eigenvalue weighted by atomic mass is 35.5. The van der Waals surface area contributed by atoms with Crippen molar-refractivity contribution in [1.82, 2.24) is 24.7 Å². The monoisotopic (exact) mass is 346 g/mol. The highest BCUT2D eigenvalue weighted by Crippen LogP contribution is 2.22. The molecule has 8 heteroatoms. The zero-order valence-corrected chi connectivity index (χ0v) is 13.7. The van der Waals surface area contributed by atoms with Crippen LogP contribution >= 0.6 is 11.6 Å². The lowest BCUT2D eigenvalue weighted by Crippen LogP contribution is -2.46. The lowest BCUT2D eigenvalue weighted by atomic mass is 10.2. The van der Waals surface area contributed by atoms with E-state index in [4.69, 9.17) is 11.6 Å². The summed E-state index contributed by atoms with van der Waals surface area (Å²) in [4.78, 5) is 4.41. The molecule has 1 fully saturated rings. The average molecular weight is 347 g/mol. The summed E-state index contributed by atoms with van der Waals surface area (Å²) in [5.41, 5.74) is 1.29. The van der Waals surface area contributed by atoms with Crippen LogP contribution in [0.5, 0.6) is 0 Å². The van der Waals surface area contributed by atoms with Gasteiger partial charge < -0.3 is 4.90 Å². The standard InChI is InChI=1S/C16H16ClFN6/c17-13-2-1-3-14(18)12(13)10-22-6-8-23(9-7-22)16-5-4-15-20-19-11-24(15)21-16/h1-5,11H,6-10H2. The Labute approximate surface area is 143 Å². The van der Waals surface area contributed by atoms with E-state index in [9.17, 15) is 4.39 Å². The molecule has 0 bridgehead atoms. The minimum absolute atomic E-state index is 0.246. The molecule has 4 rings (SSSR count). The van der Waals surface area contributed by atoms with E-state index in [0.717, 1.165) is 37.6 Å². The summed E-state index contributed by atoms with van der Waals surface area (Å²) < 4.78 is 15.6. The van der Waals surface area contributed by atoms with E-state index in [2.05, 4.69) is 25.1 Å². The Bertz CT molecular complexity index is 838. The van der Waals surface area contributed by atoms with Crippen molar-refractivity contribution in [2.75, 3.05) is 31.1 Å². The molecule has 3 heterocycles. The maximum Gasteiger partial charge on any atom is 0.177 e. The van der Waals surface area contributed by atoms with Gasteiger partial charge in [-0.15, -0.1) is 15.3 Å². The molecule has 124 valence electrons. The molecule has 6 nitrogen and oxygen atoms in total. The van der Waals surface area contributed by atoms with Crippen molar-refractivity contribution in [2.24, 2.45) is 0 Å². The molecule has 0 N–H and O–H groups in total. The third-order valence-corrected chi connectivity index (χ3v) is 4.64. The first-order valence-electron chi connectivity index (χ1n) is 7.78. The molecular weight excluding hydrogens is 331 g/mol. The van der Waals surface area contributed by atoms with Crippen molar-refractivity contribution in [3.63, 3.8) is 0 Å². The van der Waals surface area contributed by atoms with Gasteiger partial charge >= 0.3 is 0 Å². The fourth-order valence-corrected chi connectivity index (χ4v) is 3.15. The molecule has 0 unspecified atom stereocenters. The van der Waals surface area contributed by atoms with Gasteiger partial charge in [-0.3, -0.25) is 4.90 Å². The van der Waals surface area contributed by atoms with Gasteiger partial charge in [-0.1, -0.05) is 17.7 Å². The number of hydrogen-bond acceptors (Lipinski definition) is 5. The van der Waals surface area contributed by atoms with E-state index in [-0.39, 0.29) is 5.82 Å². The molecule has 2 aromatic heterocycles. The quantitative estimate of drug-likeness (QED) is 0.728. The second-order valence-electron chi connectivity index (χ2n) is 5.79. The number of rotatable bonds is 3. The molecule has 0 radical (unpaired) electrons. The second-order valence-corrected chi connectivity index (χ2v) is 6.20. The summed E-state index contributed by atoms with van der Waals surface area (Å²) in [5, 5.41) is 12.8. The van der Waals surface area contributed by atoms with Crippen molar-refractivity contribution in [2.45, 2.75) is 6.54 Å². The lowest BCUT2D eigenvalue weighted by molar-refractivity contribution is 0.246. The van der Waals surface area contributed by atoms with Crippen LogP contribution in [0.15, 0.2) is 36.7 Å². The van der Waals surface area contributed by atoms with Gasteiger partial charge in [0.1, 0.15) is 18.0 Å². The maximum atomic E-state index is 13.9. The summed E-state index contributed by atoms with van der Waals surface area (Å²) in [6.45, 7) is 3.83. The smallest absolute Gasteiger partial charge is 0.177 e. The largest absolute Gasteiger partial charge is 0.353 e. The highest BCUT2D eigenvalue weighted by Gasteiger charge is 2.20. The van der Waals surface area contributed by atoms with Gasteiger partial charge in [-0.25, -0.2) is 4.39 Å². The molecule has 1 saturated heterocycles. The maximum absolute atomic E-state index is 13.9. The van der Waals surface area contributed by atoms with Crippen LogP contribution in [0, 0.1) is 5.82 Å². The van der Waals surface area contributed by atoms with E-state index in [0.29, 0.717) is 17.1 Å². The Morgan fingerprint density at radius 1 is 1.08 bits per heavy atom. The Balaban J connectivity index is 1.43. The van der Waals surface area contributed by atoms with E-state index in [1.54, 1.807) is 23.0 Å². The van der Waals surface area contributed by atoms with Crippen LogP contribution in [0.2, 0.25) is 5.02 Å². The van der Waals surface area contributed by atoms with Crippen LogP contribution in [0.3, 0.4) is 0 Å². The Morgan fingerprint density at radius 3 is 2.71 bits per heavy atom. The molecule has 3 aromatic rings. The summed E-state index contributed by atoms with van der Waals surface area (Å²) in [6, 6.07) is 8.67. The van der Waals surface area contributed by atoms with Crippen molar-refractivity contribution in [1.29, 1.82) is 0 Å². The Morgan fingerprint density at radius 2 is 1.92 bits per heavy atom. The molecule has 1 aromatic carbocycles. The van der Waals surface area contributed by atoms with Crippen molar-refractivity contribution >= 4 is 23.1 Å². The van der Waals surface area contributed by atoms with Crippen molar-refractivity contribution in [3.05, 3.63) is 53.1 Å². The number of fused-ring (bicyclic) bond motifs is 1. The summed E-state index contributed by atoms with van der Waals surface area (Å²) in [5.74, 6) is 0.649. The number of benzene rings is 1. The first-order chi connectivity index (χ1) is 11.7. The van der Waals surface area contributed by atoms with Crippen LogP contribution in [0.1, 0.15) is 5.56 Å². The first kappa shape index (κ1) is 15.3. The Hall–Kier alpha value is -2.25. The third kappa shape index (κ3) is 2.92. The number of hydrogen-bond donors (Lipinski definition) is 0. The predicted molar refractivity (Wildman–Crippen MR) is 89.7 cm³/mol. The molecule has 1 aliphatic heterocycles. The van der Waals surface area contributed by atoms with Gasteiger partial charge in [0.05, 0.1) is 0 Å². The topological polar surface area (TPSA) is 49.6 Å². The molecule has 1 aliphatic rings. The van der Waals surface area contributed by atoms with Gasteiger partial charge in [0.15, 0.2) is 5.65 Å². The first-order valence-corrected chi connectivity index (χ1v) is 8.16. The zero-order chi connectivity index (χ0) is 16.5. The van der Waals surface area contributed by atoms with Crippen molar-refractivity contribution < 1.29 is 4.39 Å². The molecule has 0 saturated carbocycles. The molecule has 0 amide bonds. The average Bonchev–Trinajstić information content (AvgIpc) is 3.06. The Kier molecular flexibility index (Phi) is 4.03. The fourth-order valence-electron chi connectivity index (χ4n) is 2.93. The van der Waals surface area contributed by atoms with Crippen LogP contribution in [-0.4, -0.2) is 50.9 Å². The fraction of sp³-hybridized carbons (Fsp3) is 0.312. The number of nitrogens with zero attached hydrogens (tertiary/aromatic N) is 6. The second kappa shape index (κ2) is 6.33. The van der Waals surface area contributed by atoms with E-state index in [1.165, 1.54) is 6.07 Å². The number of piperazine rings is 1. The van der Waals surface area contributed by atoms with Crippen LogP contribution in [-0.2, 0) is 6.54 Å². The van der Waals surface area contributed by atoms with E-state index in [1.807, 2.05) is 12.1 Å². The van der Waals surface area contributed by atoms with Crippen LogP contribution in [0.4, 0.5) is 10.2 Å². The predicted octanol–water partition coefficient (Wildman–Crippen LogP) is 2.24. The third-order valence-electron chi connectivity index (χ3n) is 4.29. The summed E-state index contributed by atoms with van der Waals surface area (Å²) >= 11 is 6.12. The van der Waals surface area contributed by atoms with Gasteiger partial charge in [-0.05, 0) is 24.3 Å². The van der Waals surface area contributed by atoms with E-state index < -0.39 is 0 Å². The minimum atomic E-state index is -0.246. The van der Waals surface area contributed by atoms with Crippen LogP contribution < -0.4 is 4.90 Å². The van der Waals surface area contributed by atoms with Gasteiger partial charge in [0, 0.05) is 43.3 Å². The number of anilines is 1. The summed E-state index contributed by atoms with van der Waals surface area (Å²) in [6.07, 6.45) is 1.59. The highest BCUT2D eigenvalue weighted by molar-refractivity contribution is 6.31. The van der Waals surface area contributed by atoms with Gasteiger partial charge in [-0.2, -0.15) is 4.52 Å². The van der Waals surface area contributed by atoms with Crippen LogP contribution in [0.25, 0.3) is 5.65 Å². The molecule has 24 heavy (non-hydrogen) atoms. The van der Waals surface area contributed by atoms with Gasteiger partial charge in [0.2, 0.25) is 0 Å². The SMILES string of the molecule is Fc1cccc(Cl)c1CN1CCN(c2ccc3nncn3n2)CC1. The molecular formula is C16H16ClFN6. The van der Waals surface area contributed by atoms with Gasteiger partial charge in [0.25, 0.3) is 0 Å².